The molecule has 0 aliphatic heterocycles. The molecule has 0 aromatic carbocycles. The first-order chi connectivity index (χ1) is 8.02. The van der Waals surface area contributed by atoms with Gasteiger partial charge >= 0.3 is 11.9 Å². The van der Waals surface area contributed by atoms with Gasteiger partial charge in [0.25, 0.3) is 0 Å². The number of hydrogen-bond acceptors (Lipinski definition) is 3. The van der Waals surface area contributed by atoms with Crippen LogP contribution in [0.25, 0.3) is 0 Å². The van der Waals surface area contributed by atoms with Crippen LogP contribution in [0.4, 0.5) is 0 Å². The largest absolute Gasteiger partial charge is 0.478 e. The average Bonchev–Trinajstić information content (AvgIpc) is 2.26. The highest BCUT2D eigenvalue weighted by Gasteiger charge is 2.27. The lowest BCUT2D eigenvalue weighted by molar-refractivity contribution is 0.0648. The van der Waals surface area contributed by atoms with Crippen molar-refractivity contribution in [3.8, 4) is 0 Å². The number of aromatic carboxylic acids is 2. The SMILES string of the molecule is Cc1nc2c(c(C(=O)O)c1C(=O)O)CCCC2. The summed E-state index contributed by atoms with van der Waals surface area (Å²) in [7, 11) is 0. The van der Waals surface area contributed by atoms with Crippen molar-refractivity contribution < 1.29 is 19.8 Å². The minimum atomic E-state index is -1.22. The Balaban J connectivity index is 2.76. The van der Waals surface area contributed by atoms with E-state index in [0.29, 0.717) is 12.0 Å². The van der Waals surface area contributed by atoms with Crippen LogP contribution in [0.3, 0.4) is 0 Å². The molecule has 0 unspecified atom stereocenters. The Morgan fingerprint density at radius 2 is 1.65 bits per heavy atom. The fourth-order valence-corrected chi connectivity index (χ4v) is 2.37. The Kier molecular flexibility index (Phi) is 2.83. The van der Waals surface area contributed by atoms with Crippen molar-refractivity contribution >= 4 is 11.9 Å². The molecule has 5 nitrogen and oxygen atoms in total. The third-order valence-electron chi connectivity index (χ3n) is 3.08. The third-order valence-corrected chi connectivity index (χ3v) is 3.08. The van der Waals surface area contributed by atoms with Gasteiger partial charge in [-0.3, -0.25) is 4.98 Å². The minimum Gasteiger partial charge on any atom is -0.478 e. The zero-order valence-electron chi connectivity index (χ0n) is 9.49. The molecule has 0 fully saturated rings. The molecule has 0 radical (unpaired) electrons. The fourth-order valence-electron chi connectivity index (χ4n) is 2.37. The number of nitrogens with zero attached hydrogens (tertiary/aromatic N) is 1. The number of carbonyl (C=O) groups is 2. The molecule has 0 amide bonds. The van der Waals surface area contributed by atoms with Gasteiger partial charge in [0.2, 0.25) is 0 Å². The van der Waals surface area contributed by atoms with Crippen LogP contribution in [0.2, 0.25) is 0 Å². The molecule has 0 bridgehead atoms. The number of aryl methyl sites for hydroxylation is 2. The van der Waals surface area contributed by atoms with Crippen LogP contribution in [0, 0.1) is 6.92 Å². The van der Waals surface area contributed by atoms with E-state index < -0.39 is 11.9 Å². The molecule has 1 aliphatic carbocycles. The molecule has 2 N–H and O–H groups in total. The van der Waals surface area contributed by atoms with Crippen LogP contribution in [-0.4, -0.2) is 27.1 Å². The number of aromatic nitrogens is 1. The Bertz CT molecular complexity index is 508. The van der Waals surface area contributed by atoms with Gasteiger partial charge in [0.05, 0.1) is 16.8 Å². The molecule has 17 heavy (non-hydrogen) atoms. The summed E-state index contributed by atoms with van der Waals surface area (Å²) in [5, 5.41) is 18.3. The molecule has 1 heterocycles. The van der Waals surface area contributed by atoms with Gasteiger partial charge in [-0.1, -0.05) is 0 Å². The molecule has 0 saturated carbocycles. The first kappa shape index (κ1) is 11.6. The van der Waals surface area contributed by atoms with E-state index in [9.17, 15) is 14.7 Å². The number of carboxylic acid groups (broad SMARTS) is 2. The number of hydrogen-bond donors (Lipinski definition) is 2. The highest BCUT2D eigenvalue weighted by molar-refractivity contribution is 6.03. The quantitative estimate of drug-likeness (QED) is 0.814. The van der Waals surface area contributed by atoms with E-state index in [1.54, 1.807) is 6.92 Å². The van der Waals surface area contributed by atoms with Crippen LogP contribution >= 0.6 is 0 Å². The molecular formula is C12H13NO4. The average molecular weight is 235 g/mol. The van der Waals surface area contributed by atoms with Gasteiger partial charge in [-0.05, 0) is 38.2 Å². The van der Waals surface area contributed by atoms with Gasteiger partial charge in [-0.15, -0.1) is 0 Å². The Hall–Kier alpha value is -1.91. The molecule has 1 aromatic heterocycles. The third kappa shape index (κ3) is 1.88. The van der Waals surface area contributed by atoms with E-state index in [2.05, 4.69) is 4.98 Å². The zero-order chi connectivity index (χ0) is 12.6. The summed E-state index contributed by atoms with van der Waals surface area (Å²) < 4.78 is 0. The normalized spacial score (nSPS) is 14.2. The lowest BCUT2D eigenvalue weighted by atomic mass is 9.89. The first-order valence-corrected chi connectivity index (χ1v) is 5.51. The second-order valence-corrected chi connectivity index (χ2v) is 4.19. The lowest BCUT2D eigenvalue weighted by Crippen LogP contribution is -2.19. The zero-order valence-corrected chi connectivity index (χ0v) is 9.49. The number of carboxylic acids is 2. The molecule has 0 saturated heterocycles. The van der Waals surface area contributed by atoms with Gasteiger partial charge in [0.15, 0.2) is 0 Å². The summed E-state index contributed by atoms with van der Waals surface area (Å²) in [5.41, 5.74) is 1.40. The monoisotopic (exact) mass is 235 g/mol. The summed E-state index contributed by atoms with van der Waals surface area (Å²) in [6.45, 7) is 1.55. The van der Waals surface area contributed by atoms with Crippen LogP contribution in [0.5, 0.6) is 0 Å². The van der Waals surface area contributed by atoms with Crippen LogP contribution < -0.4 is 0 Å². The molecule has 0 atom stereocenters. The summed E-state index contributed by atoms with van der Waals surface area (Å²) in [6, 6.07) is 0. The molecule has 1 aromatic rings. The Labute approximate surface area is 98.1 Å². The smallest absolute Gasteiger partial charge is 0.338 e. The van der Waals surface area contributed by atoms with Gasteiger partial charge in [0.1, 0.15) is 0 Å². The van der Waals surface area contributed by atoms with Crippen molar-refractivity contribution in [2.45, 2.75) is 32.6 Å². The predicted octanol–water partition coefficient (Wildman–Crippen LogP) is 1.67. The molecule has 90 valence electrons. The van der Waals surface area contributed by atoms with E-state index in [1.807, 2.05) is 0 Å². The maximum Gasteiger partial charge on any atom is 0.338 e. The van der Waals surface area contributed by atoms with Crippen molar-refractivity contribution in [3.63, 3.8) is 0 Å². The Morgan fingerprint density at radius 1 is 1.06 bits per heavy atom. The summed E-state index contributed by atoms with van der Waals surface area (Å²) in [6.07, 6.45) is 3.20. The fraction of sp³-hybridized carbons (Fsp3) is 0.417. The van der Waals surface area contributed by atoms with Crippen molar-refractivity contribution in [1.82, 2.24) is 4.98 Å². The second-order valence-electron chi connectivity index (χ2n) is 4.19. The number of rotatable bonds is 2. The highest BCUT2D eigenvalue weighted by atomic mass is 16.4. The van der Waals surface area contributed by atoms with Gasteiger partial charge in [-0.25, -0.2) is 9.59 Å². The standard InChI is InChI=1S/C12H13NO4/c1-6-9(11(14)15)10(12(16)17)7-4-2-3-5-8(7)13-6/h2-5H2,1H3,(H,14,15)(H,16,17). The molecule has 0 spiro atoms. The van der Waals surface area contributed by atoms with E-state index in [1.165, 1.54) is 0 Å². The number of pyridine rings is 1. The van der Waals surface area contributed by atoms with Gasteiger partial charge in [-0.2, -0.15) is 0 Å². The molecule has 1 aliphatic rings. The van der Waals surface area contributed by atoms with Crippen molar-refractivity contribution in [2.75, 3.05) is 0 Å². The predicted molar refractivity (Wildman–Crippen MR) is 59.5 cm³/mol. The van der Waals surface area contributed by atoms with Crippen molar-refractivity contribution in [2.24, 2.45) is 0 Å². The van der Waals surface area contributed by atoms with Gasteiger partial charge in [0, 0.05) is 5.69 Å². The topological polar surface area (TPSA) is 87.5 Å². The Morgan fingerprint density at radius 3 is 2.24 bits per heavy atom. The van der Waals surface area contributed by atoms with Crippen LogP contribution in [0.15, 0.2) is 0 Å². The van der Waals surface area contributed by atoms with Crippen LogP contribution in [-0.2, 0) is 12.8 Å². The molecule has 2 rings (SSSR count). The minimum absolute atomic E-state index is 0.0697. The second kappa shape index (κ2) is 4.16. The van der Waals surface area contributed by atoms with E-state index >= 15 is 0 Å². The van der Waals surface area contributed by atoms with Crippen molar-refractivity contribution in [3.05, 3.63) is 28.1 Å². The highest BCUT2D eigenvalue weighted by Crippen LogP contribution is 2.27. The lowest BCUT2D eigenvalue weighted by Gasteiger charge is -2.19. The maximum atomic E-state index is 11.3. The van der Waals surface area contributed by atoms with E-state index in [-0.39, 0.29) is 16.8 Å². The number of fused-ring (bicyclic) bond motifs is 1. The van der Waals surface area contributed by atoms with E-state index in [0.717, 1.165) is 25.0 Å². The summed E-state index contributed by atoms with van der Waals surface area (Å²) in [5.74, 6) is -2.40. The summed E-state index contributed by atoms with van der Waals surface area (Å²) in [4.78, 5) is 26.6. The van der Waals surface area contributed by atoms with Gasteiger partial charge < -0.3 is 10.2 Å². The maximum absolute atomic E-state index is 11.3. The van der Waals surface area contributed by atoms with Crippen molar-refractivity contribution in [1.29, 1.82) is 0 Å². The first-order valence-electron chi connectivity index (χ1n) is 5.51. The summed E-state index contributed by atoms with van der Waals surface area (Å²) >= 11 is 0. The molecular weight excluding hydrogens is 222 g/mol. The molecule has 5 heteroatoms. The van der Waals surface area contributed by atoms with E-state index in [4.69, 9.17) is 5.11 Å². The van der Waals surface area contributed by atoms with Crippen LogP contribution in [0.1, 0.15) is 50.5 Å².